The van der Waals surface area contributed by atoms with Gasteiger partial charge < -0.3 is 10.6 Å². The van der Waals surface area contributed by atoms with Gasteiger partial charge in [-0.2, -0.15) is 11.8 Å². The molecule has 2 rings (SSSR count). The van der Waals surface area contributed by atoms with E-state index in [9.17, 15) is 4.79 Å². The maximum Gasteiger partial charge on any atom is 0.223 e. The number of rotatable bonds is 3. The molecule has 1 saturated heterocycles. The summed E-state index contributed by atoms with van der Waals surface area (Å²) < 4.78 is 0. The van der Waals surface area contributed by atoms with Gasteiger partial charge in [0.2, 0.25) is 5.91 Å². The van der Waals surface area contributed by atoms with Crippen molar-refractivity contribution in [1.82, 2.24) is 4.90 Å². The van der Waals surface area contributed by atoms with Gasteiger partial charge in [0.05, 0.1) is 0 Å². The molecule has 2 fully saturated rings. The molecule has 0 bridgehead atoms. The second-order valence-corrected chi connectivity index (χ2v) is 6.49. The van der Waals surface area contributed by atoms with Gasteiger partial charge in [-0.15, -0.1) is 12.4 Å². The summed E-state index contributed by atoms with van der Waals surface area (Å²) in [5.74, 6) is 1.58. The first kappa shape index (κ1) is 15.1. The SMILES string of the molecule is CSC(C)CC(=O)N1CC2CCC(N)C2C1.Cl. The van der Waals surface area contributed by atoms with Crippen molar-refractivity contribution in [2.75, 3.05) is 19.3 Å². The van der Waals surface area contributed by atoms with Crippen molar-refractivity contribution in [3.05, 3.63) is 0 Å². The summed E-state index contributed by atoms with van der Waals surface area (Å²) in [5, 5.41) is 0.432. The van der Waals surface area contributed by atoms with Crippen LogP contribution in [0.2, 0.25) is 0 Å². The van der Waals surface area contributed by atoms with Crippen molar-refractivity contribution >= 4 is 30.1 Å². The van der Waals surface area contributed by atoms with E-state index < -0.39 is 0 Å². The summed E-state index contributed by atoms with van der Waals surface area (Å²) in [4.78, 5) is 14.1. The summed E-state index contributed by atoms with van der Waals surface area (Å²) >= 11 is 1.76. The normalized spacial score (nSPS) is 33.1. The van der Waals surface area contributed by atoms with Crippen LogP contribution in [-0.4, -0.2) is 41.4 Å². The van der Waals surface area contributed by atoms with Crippen molar-refractivity contribution < 1.29 is 4.79 Å². The van der Waals surface area contributed by atoms with Crippen molar-refractivity contribution in [3.63, 3.8) is 0 Å². The molecule has 1 saturated carbocycles. The molecule has 1 amide bonds. The number of amides is 1. The van der Waals surface area contributed by atoms with Gasteiger partial charge in [-0.1, -0.05) is 6.92 Å². The molecule has 4 unspecified atom stereocenters. The minimum atomic E-state index is 0. The van der Waals surface area contributed by atoms with E-state index in [0.717, 1.165) is 19.5 Å². The lowest BCUT2D eigenvalue weighted by Gasteiger charge is -2.20. The van der Waals surface area contributed by atoms with Crippen LogP contribution in [-0.2, 0) is 4.79 Å². The lowest BCUT2D eigenvalue weighted by atomic mass is 9.98. The summed E-state index contributed by atoms with van der Waals surface area (Å²) in [5.41, 5.74) is 6.07. The minimum absolute atomic E-state index is 0. The van der Waals surface area contributed by atoms with Gasteiger partial charge in [0.15, 0.2) is 0 Å². The molecule has 17 heavy (non-hydrogen) atoms. The fourth-order valence-corrected chi connectivity index (χ4v) is 3.28. The quantitative estimate of drug-likeness (QED) is 0.856. The van der Waals surface area contributed by atoms with Crippen LogP contribution >= 0.6 is 24.2 Å². The van der Waals surface area contributed by atoms with E-state index in [4.69, 9.17) is 5.73 Å². The van der Waals surface area contributed by atoms with E-state index in [-0.39, 0.29) is 12.4 Å². The average molecular weight is 279 g/mol. The number of hydrogen-bond acceptors (Lipinski definition) is 3. The topological polar surface area (TPSA) is 46.3 Å². The highest BCUT2D eigenvalue weighted by molar-refractivity contribution is 7.99. The van der Waals surface area contributed by atoms with Gasteiger partial charge in [0, 0.05) is 30.8 Å². The van der Waals surface area contributed by atoms with Crippen molar-refractivity contribution in [1.29, 1.82) is 0 Å². The zero-order chi connectivity index (χ0) is 11.7. The molecule has 5 heteroatoms. The van der Waals surface area contributed by atoms with Crippen LogP contribution in [0.25, 0.3) is 0 Å². The Hall–Kier alpha value is 0.0700. The Morgan fingerprint density at radius 3 is 2.76 bits per heavy atom. The molecule has 2 N–H and O–H groups in total. The molecule has 0 aromatic rings. The molecule has 0 radical (unpaired) electrons. The first-order chi connectivity index (χ1) is 7.61. The predicted octanol–water partition coefficient (Wildman–Crippen LogP) is 1.75. The molecule has 3 nitrogen and oxygen atoms in total. The number of thioether (sulfide) groups is 1. The Kier molecular flexibility index (Phi) is 5.61. The smallest absolute Gasteiger partial charge is 0.223 e. The monoisotopic (exact) mass is 278 g/mol. The lowest BCUT2D eigenvalue weighted by Crippen LogP contribution is -2.34. The van der Waals surface area contributed by atoms with Gasteiger partial charge >= 0.3 is 0 Å². The maximum atomic E-state index is 12.0. The lowest BCUT2D eigenvalue weighted by molar-refractivity contribution is -0.130. The highest BCUT2D eigenvalue weighted by Gasteiger charge is 2.42. The Labute approximate surface area is 114 Å². The summed E-state index contributed by atoms with van der Waals surface area (Å²) in [6.07, 6.45) is 5.11. The molecule has 1 aliphatic heterocycles. The van der Waals surface area contributed by atoms with Crippen molar-refractivity contribution in [2.24, 2.45) is 17.6 Å². The van der Waals surface area contributed by atoms with E-state index in [1.54, 1.807) is 11.8 Å². The first-order valence-electron chi connectivity index (χ1n) is 6.18. The highest BCUT2D eigenvalue weighted by atomic mass is 35.5. The van der Waals surface area contributed by atoms with Crippen LogP contribution in [0, 0.1) is 11.8 Å². The Morgan fingerprint density at radius 1 is 1.47 bits per heavy atom. The number of fused-ring (bicyclic) bond motifs is 1. The van der Waals surface area contributed by atoms with Crippen LogP contribution < -0.4 is 5.73 Å². The third kappa shape index (κ3) is 3.30. The van der Waals surface area contributed by atoms with E-state index >= 15 is 0 Å². The van der Waals surface area contributed by atoms with Crippen LogP contribution in [0.15, 0.2) is 0 Å². The van der Waals surface area contributed by atoms with Gasteiger partial charge in [0.1, 0.15) is 0 Å². The molecular weight excluding hydrogens is 256 g/mol. The maximum absolute atomic E-state index is 12.0. The van der Waals surface area contributed by atoms with Crippen LogP contribution in [0.5, 0.6) is 0 Å². The Morgan fingerprint density at radius 2 is 2.18 bits per heavy atom. The second-order valence-electron chi connectivity index (χ2n) is 5.21. The van der Waals surface area contributed by atoms with Crippen molar-refractivity contribution in [3.8, 4) is 0 Å². The second kappa shape index (κ2) is 6.30. The standard InChI is InChI=1S/C12H22N2OS.ClH/c1-8(16-2)5-12(15)14-6-9-3-4-11(13)10(9)7-14;/h8-11H,3-7,13H2,1-2H3;1H. The molecule has 0 spiro atoms. The number of nitrogens with zero attached hydrogens (tertiary/aromatic N) is 1. The summed E-state index contributed by atoms with van der Waals surface area (Å²) in [6, 6.07) is 0.334. The fraction of sp³-hybridized carbons (Fsp3) is 0.917. The van der Waals surface area contributed by atoms with Crippen LogP contribution in [0.1, 0.15) is 26.2 Å². The zero-order valence-electron chi connectivity index (χ0n) is 10.6. The summed E-state index contributed by atoms with van der Waals surface area (Å²) in [7, 11) is 0. The number of halogens is 1. The number of likely N-dealkylation sites (tertiary alicyclic amines) is 1. The van der Waals surface area contributed by atoms with Crippen LogP contribution in [0.4, 0.5) is 0 Å². The molecule has 1 heterocycles. The molecule has 1 aliphatic carbocycles. The van der Waals surface area contributed by atoms with Gasteiger partial charge in [-0.05, 0) is 30.9 Å². The predicted molar refractivity (Wildman–Crippen MR) is 75.6 cm³/mol. The van der Waals surface area contributed by atoms with E-state index in [2.05, 4.69) is 13.2 Å². The molecule has 2 aliphatic rings. The fourth-order valence-electron chi connectivity index (χ4n) is 2.97. The van der Waals surface area contributed by atoms with Gasteiger partial charge in [-0.25, -0.2) is 0 Å². The number of carbonyl (C=O) groups excluding carboxylic acids is 1. The van der Waals surface area contributed by atoms with Gasteiger partial charge in [-0.3, -0.25) is 4.79 Å². The molecule has 100 valence electrons. The minimum Gasteiger partial charge on any atom is -0.342 e. The third-order valence-corrected chi connectivity index (χ3v) is 5.10. The van der Waals surface area contributed by atoms with E-state index in [0.29, 0.717) is 35.5 Å². The van der Waals surface area contributed by atoms with E-state index in [1.807, 2.05) is 4.90 Å². The third-order valence-electron chi connectivity index (χ3n) is 4.13. The molecular formula is C12H23ClN2OS. The van der Waals surface area contributed by atoms with E-state index in [1.165, 1.54) is 6.42 Å². The highest BCUT2D eigenvalue weighted by Crippen LogP contribution is 2.37. The number of nitrogens with two attached hydrogens (primary N) is 1. The van der Waals surface area contributed by atoms with Crippen LogP contribution in [0.3, 0.4) is 0 Å². The molecule has 4 atom stereocenters. The van der Waals surface area contributed by atoms with Crippen molar-refractivity contribution in [2.45, 2.75) is 37.5 Å². The Balaban J connectivity index is 0.00000144. The largest absolute Gasteiger partial charge is 0.342 e. The average Bonchev–Trinajstić information content (AvgIpc) is 2.81. The Bertz CT molecular complexity index is 277. The summed E-state index contributed by atoms with van der Waals surface area (Å²) in [6.45, 7) is 3.98. The number of carbonyl (C=O) groups is 1. The molecule has 0 aromatic carbocycles. The number of hydrogen-bond donors (Lipinski definition) is 1. The molecule has 0 aromatic heterocycles. The zero-order valence-corrected chi connectivity index (χ0v) is 12.2. The van der Waals surface area contributed by atoms with Gasteiger partial charge in [0.25, 0.3) is 0 Å². The first-order valence-corrected chi connectivity index (χ1v) is 7.46.